The summed E-state index contributed by atoms with van der Waals surface area (Å²) in [6, 6.07) is 11.1. The number of nitrogens with zero attached hydrogens (tertiary/aromatic N) is 2. The van der Waals surface area contributed by atoms with Crippen molar-refractivity contribution in [3.63, 3.8) is 0 Å². The molecule has 1 aromatic carbocycles. The maximum Gasteiger partial charge on any atom is 0.0991 e. The third-order valence-electron chi connectivity index (χ3n) is 4.93. The lowest BCUT2D eigenvalue weighted by atomic mass is 10.0. The molecular weight excluding hydrogens is 286 g/mol. The third kappa shape index (κ3) is 4.42. The van der Waals surface area contributed by atoms with Crippen LogP contribution in [0.1, 0.15) is 30.4 Å². The molecule has 1 fully saturated rings. The number of aliphatic hydroxyl groups excluding tert-OH is 1. The zero-order valence-corrected chi connectivity index (χ0v) is 13.5. The Morgan fingerprint density at radius 2 is 1.91 bits per heavy atom. The quantitative estimate of drug-likeness (QED) is 0.817. The van der Waals surface area contributed by atoms with E-state index in [2.05, 4.69) is 40.6 Å². The van der Waals surface area contributed by atoms with Crippen molar-refractivity contribution in [1.82, 2.24) is 10.2 Å². The van der Waals surface area contributed by atoms with E-state index < -0.39 is 0 Å². The maximum atomic E-state index is 9.19. The van der Waals surface area contributed by atoms with Gasteiger partial charge in [-0.05, 0) is 50.0 Å². The Bertz CT molecular complexity index is 567. The molecule has 2 aliphatic rings. The van der Waals surface area contributed by atoms with Crippen molar-refractivity contribution in [2.24, 2.45) is 5.92 Å². The fourth-order valence-corrected chi connectivity index (χ4v) is 3.54. The summed E-state index contributed by atoms with van der Waals surface area (Å²) in [6.45, 7) is 3.45. The van der Waals surface area contributed by atoms with Gasteiger partial charge >= 0.3 is 0 Å². The van der Waals surface area contributed by atoms with Gasteiger partial charge in [-0.15, -0.1) is 0 Å². The van der Waals surface area contributed by atoms with Crippen LogP contribution in [0.5, 0.6) is 0 Å². The number of rotatable bonds is 5. The SMILES string of the molecule is N#Cc1ccc(CN2CCC(N[C@@H]3C=C[C@H](CO)C3)CC2)cc1. The Hall–Kier alpha value is -1.67. The van der Waals surface area contributed by atoms with Crippen molar-refractivity contribution in [1.29, 1.82) is 5.26 Å². The number of aliphatic hydroxyl groups is 1. The molecule has 2 N–H and O–H groups in total. The first kappa shape index (κ1) is 16.2. The summed E-state index contributed by atoms with van der Waals surface area (Å²) >= 11 is 0. The second-order valence-electron chi connectivity index (χ2n) is 6.70. The Balaban J connectivity index is 1.41. The fourth-order valence-electron chi connectivity index (χ4n) is 3.54. The summed E-state index contributed by atoms with van der Waals surface area (Å²) in [5.74, 6) is 0.337. The van der Waals surface area contributed by atoms with Crippen LogP contribution in [0, 0.1) is 17.2 Å². The van der Waals surface area contributed by atoms with Crippen LogP contribution in [0.25, 0.3) is 0 Å². The largest absolute Gasteiger partial charge is 0.396 e. The van der Waals surface area contributed by atoms with E-state index >= 15 is 0 Å². The summed E-state index contributed by atoms with van der Waals surface area (Å²) in [5, 5.41) is 21.8. The van der Waals surface area contributed by atoms with Crippen molar-refractivity contribution < 1.29 is 5.11 Å². The highest BCUT2D eigenvalue weighted by molar-refractivity contribution is 5.31. The number of likely N-dealkylation sites (tertiary alicyclic amines) is 1. The van der Waals surface area contributed by atoms with Gasteiger partial charge < -0.3 is 10.4 Å². The highest BCUT2D eigenvalue weighted by atomic mass is 16.3. The van der Waals surface area contributed by atoms with Gasteiger partial charge in [-0.3, -0.25) is 4.90 Å². The van der Waals surface area contributed by atoms with Gasteiger partial charge in [0, 0.05) is 31.2 Å². The van der Waals surface area contributed by atoms with Crippen molar-refractivity contribution in [2.45, 2.75) is 37.9 Å². The predicted octanol–water partition coefficient (Wildman–Crippen LogP) is 2.05. The van der Waals surface area contributed by atoms with Crippen molar-refractivity contribution in [3.05, 3.63) is 47.5 Å². The molecule has 1 aromatic rings. The molecule has 0 spiro atoms. The lowest BCUT2D eigenvalue weighted by Gasteiger charge is -2.33. The summed E-state index contributed by atoms with van der Waals surface area (Å²) in [6.07, 6.45) is 7.72. The topological polar surface area (TPSA) is 59.3 Å². The van der Waals surface area contributed by atoms with Gasteiger partial charge in [0.05, 0.1) is 11.6 Å². The lowest BCUT2D eigenvalue weighted by Crippen LogP contribution is -2.45. The van der Waals surface area contributed by atoms with Crippen molar-refractivity contribution >= 4 is 0 Å². The van der Waals surface area contributed by atoms with Crippen LogP contribution in [0.3, 0.4) is 0 Å². The van der Waals surface area contributed by atoms with Crippen LogP contribution in [-0.2, 0) is 6.54 Å². The molecule has 1 saturated heterocycles. The number of piperidine rings is 1. The van der Waals surface area contributed by atoms with Crippen molar-refractivity contribution in [2.75, 3.05) is 19.7 Å². The minimum absolute atomic E-state index is 0.262. The molecular formula is C19H25N3O. The lowest BCUT2D eigenvalue weighted by molar-refractivity contribution is 0.184. The molecule has 0 amide bonds. The summed E-state index contributed by atoms with van der Waals surface area (Å²) in [7, 11) is 0. The van der Waals surface area contributed by atoms with Crippen molar-refractivity contribution in [3.8, 4) is 6.07 Å². The van der Waals surface area contributed by atoms with Gasteiger partial charge in [0.25, 0.3) is 0 Å². The fraction of sp³-hybridized carbons (Fsp3) is 0.526. The number of hydrogen-bond donors (Lipinski definition) is 2. The molecule has 0 radical (unpaired) electrons. The Kier molecular flexibility index (Phi) is 5.45. The zero-order chi connectivity index (χ0) is 16.1. The Labute approximate surface area is 138 Å². The minimum Gasteiger partial charge on any atom is -0.396 e. The van der Waals surface area contributed by atoms with Crippen LogP contribution in [-0.4, -0.2) is 41.8 Å². The molecule has 1 heterocycles. The molecule has 4 nitrogen and oxygen atoms in total. The van der Waals surface area contributed by atoms with Crippen LogP contribution in [0.4, 0.5) is 0 Å². The molecule has 1 aliphatic carbocycles. The Morgan fingerprint density at radius 1 is 1.17 bits per heavy atom. The van der Waals surface area contributed by atoms with E-state index in [9.17, 15) is 5.11 Å². The van der Waals surface area contributed by atoms with Gasteiger partial charge in [-0.25, -0.2) is 0 Å². The van der Waals surface area contributed by atoms with E-state index in [0.717, 1.165) is 31.6 Å². The molecule has 122 valence electrons. The van der Waals surface area contributed by atoms with Gasteiger partial charge in [0.1, 0.15) is 0 Å². The van der Waals surface area contributed by atoms with Crippen LogP contribution >= 0.6 is 0 Å². The smallest absolute Gasteiger partial charge is 0.0991 e. The molecule has 2 atom stereocenters. The predicted molar refractivity (Wildman–Crippen MR) is 90.7 cm³/mol. The zero-order valence-electron chi connectivity index (χ0n) is 13.5. The van der Waals surface area contributed by atoms with Gasteiger partial charge in [0.2, 0.25) is 0 Å². The third-order valence-corrected chi connectivity index (χ3v) is 4.93. The van der Waals surface area contributed by atoms with Crippen LogP contribution in [0.2, 0.25) is 0 Å². The number of nitrogens with one attached hydrogen (secondary N) is 1. The standard InChI is InChI=1S/C19H25N3O/c20-12-15-1-3-16(4-2-15)13-22-9-7-18(8-10-22)21-19-6-5-17(11-19)14-23/h1-6,17-19,21,23H,7-11,13-14H2/t17-,19+/m0/s1. The molecule has 3 rings (SSSR count). The first-order valence-corrected chi connectivity index (χ1v) is 8.53. The molecule has 0 saturated carbocycles. The van der Waals surface area contributed by atoms with Crippen LogP contribution < -0.4 is 5.32 Å². The van der Waals surface area contributed by atoms with Gasteiger partial charge in [-0.2, -0.15) is 5.26 Å². The molecule has 0 bridgehead atoms. The van der Waals surface area contributed by atoms with E-state index in [4.69, 9.17) is 5.26 Å². The molecule has 1 aliphatic heterocycles. The number of benzene rings is 1. The van der Waals surface area contributed by atoms with Crippen LogP contribution in [0.15, 0.2) is 36.4 Å². The highest BCUT2D eigenvalue weighted by Crippen LogP contribution is 2.20. The minimum atomic E-state index is 0.262. The maximum absolute atomic E-state index is 9.19. The Morgan fingerprint density at radius 3 is 2.52 bits per heavy atom. The second kappa shape index (κ2) is 7.74. The van der Waals surface area contributed by atoms with E-state index in [1.807, 2.05) is 12.1 Å². The van der Waals surface area contributed by atoms with E-state index in [1.165, 1.54) is 18.4 Å². The molecule has 23 heavy (non-hydrogen) atoms. The first-order valence-electron chi connectivity index (χ1n) is 8.53. The van der Waals surface area contributed by atoms with E-state index in [0.29, 0.717) is 18.0 Å². The average molecular weight is 311 g/mol. The van der Waals surface area contributed by atoms with E-state index in [1.54, 1.807) is 0 Å². The normalized spacial score (nSPS) is 25.6. The molecule has 4 heteroatoms. The average Bonchev–Trinajstić information content (AvgIpc) is 3.05. The first-order chi connectivity index (χ1) is 11.3. The second-order valence-corrected chi connectivity index (χ2v) is 6.70. The monoisotopic (exact) mass is 311 g/mol. The van der Waals surface area contributed by atoms with Gasteiger partial charge in [0.15, 0.2) is 0 Å². The summed E-state index contributed by atoms with van der Waals surface area (Å²) < 4.78 is 0. The molecule has 0 unspecified atom stereocenters. The summed E-state index contributed by atoms with van der Waals surface area (Å²) in [4.78, 5) is 2.49. The number of hydrogen-bond acceptors (Lipinski definition) is 4. The van der Waals surface area contributed by atoms with E-state index in [-0.39, 0.29) is 6.61 Å². The molecule has 0 aromatic heterocycles. The van der Waals surface area contributed by atoms with Gasteiger partial charge in [-0.1, -0.05) is 24.3 Å². The number of nitriles is 1. The summed E-state index contributed by atoms with van der Waals surface area (Å²) in [5.41, 5.74) is 2.00. The highest BCUT2D eigenvalue weighted by Gasteiger charge is 2.24.